The second-order valence-corrected chi connectivity index (χ2v) is 6.12. The van der Waals surface area contributed by atoms with E-state index in [0.29, 0.717) is 11.3 Å². The van der Waals surface area contributed by atoms with Crippen molar-refractivity contribution in [1.29, 1.82) is 0 Å². The van der Waals surface area contributed by atoms with E-state index in [-0.39, 0.29) is 6.10 Å². The number of rotatable bonds is 1. The Morgan fingerprint density at radius 2 is 1.93 bits per heavy atom. The fourth-order valence-electron chi connectivity index (χ4n) is 2.88. The lowest BCUT2D eigenvalue weighted by molar-refractivity contribution is -0.398. The minimum absolute atomic E-state index is 0.281. The normalized spacial score (nSPS) is 41.6. The van der Waals surface area contributed by atoms with Gasteiger partial charge in [-0.2, -0.15) is 0 Å². The monoisotopic (exact) mass is 214 g/mol. The van der Waals surface area contributed by atoms with Gasteiger partial charge < -0.3 is 4.74 Å². The molecule has 0 saturated carbocycles. The molecule has 3 atom stereocenters. The van der Waals surface area contributed by atoms with Crippen LogP contribution in [0.15, 0.2) is 0 Å². The highest BCUT2D eigenvalue weighted by molar-refractivity contribution is 4.89. The molecule has 0 unspecified atom stereocenters. The molecule has 0 aromatic heterocycles. The summed E-state index contributed by atoms with van der Waals surface area (Å²) in [5.41, 5.74) is 0.324. The van der Waals surface area contributed by atoms with Crippen LogP contribution in [0.5, 0.6) is 0 Å². The first-order valence-corrected chi connectivity index (χ1v) is 5.96. The van der Waals surface area contributed by atoms with E-state index in [9.17, 15) is 0 Å². The van der Waals surface area contributed by atoms with E-state index in [2.05, 4.69) is 25.7 Å². The van der Waals surface area contributed by atoms with Gasteiger partial charge in [-0.15, -0.1) is 0 Å². The Morgan fingerprint density at radius 3 is 2.53 bits per heavy atom. The summed E-state index contributed by atoms with van der Waals surface area (Å²) in [6, 6.07) is 0. The summed E-state index contributed by atoms with van der Waals surface area (Å²) in [5, 5.41) is 8.96. The van der Waals surface area contributed by atoms with Gasteiger partial charge in [0.25, 0.3) is 0 Å². The van der Waals surface area contributed by atoms with Crippen LogP contribution in [0, 0.1) is 11.3 Å². The van der Waals surface area contributed by atoms with Crippen LogP contribution in [0.1, 0.15) is 52.9 Å². The summed E-state index contributed by atoms with van der Waals surface area (Å²) < 4.78 is 5.81. The van der Waals surface area contributed by atoms with Gasteiger partial charge in [0.05, 0.1) is 6.10 Å². The summed E-state index contributed by atoms with van der Waals surface area (Å²) in [6.07, 6.45) is 5.15. The highest BCUT2D eigenvalue weighted by Crippen LogP contribution is 2.46. The van der Waals surface area contributed by atoms with Crippen LogP contribution in [0.2, 0.25) is 0 Å². The van der Waals surface area contributed by atoms with Gasteiger partial charge >= 0.3 is 0 Å². The number of fused-ring (bicyclic) bond motifs is 2. The molecule has 0 amide bonds. The van der Waals surface area contributed by atoms with Crippen LogP contribution >= 0.6 is 0 Å². The number of ether oxygens (including phenoxy) is 1. The molecule has 0 aromatic carbocycles. The van der Waals surface area contributed by atoms with Crippen molar-refractivity contribution in [2.45, 2.75) is 64.8 Å². The molecule has 3 nitrogen and oxygen atoms in total. The average molecular weight is 214 g/mol. The molecule has 2 bridgehead atoms. The van der Waals surface area contributed by atoms with E-state index < -0.39 is 5.79 Å². The SMILES string of the molecule is CC(C)(C)[C@H]1CC[C@]2(OO)CC[C@H](C1)O2. The summed E-state index contributed by atoms with van der Waals surface area (Å²) in [6.45, 7) is 6.84. The van der Waals surface area contributed by atoms with Gasteiger partial charge in [-0.05, 0) is 30.6 Å². The number of hydrogen-bond acceptors (Lipinski definition) is 3. The lowest BCUT2D eigenvalue weighted by Gasteiger charge is -2.31. The highest BCUT2D eigenvalue weighted by atomic mass is 17.1. The van der Waals surface area contributed by atoms with Gasteiger partial charge in [0.1, 0.15) is 0 Å². The van der Waals surface area contributed by atoms with Gasteiger partial charge in [0, 0.05) is 12.8 Å². The van der Waals surface area contributed by atoms with E-state index in [0.717, 1.165) is 32.1 Å². The maximum absolute atomic E-state index is 8.96. The van der Waals surface area contributed by atoms with Crippen molar-refractivity contribution in [3.05, 3.63) is 0 Å². The van der Waals surface area contributed by atoms with Gasteiger partial charge in [0.15, 0.2) is 0 Å². The van der Waals surface area contributed by atoms with Crippen molar-refractivity contribution in [2.75, 3.05) is 0 Å². The second kappa shape index (κ2) is 3.72. The second-order valence-electron chi connectivity index (χ2n) is 6.12. The van der Waals surface area contributed by atoms with Crippen LogP contribution in [0.25, 0.3) is 0 Å². The fraction of sp³-hybridized carbons (Fsp3) is 1.00. The van der Waals surface area contributed by atoms with Gasteiger partial charge in [-0.3, -0.25) is 0 Å². The zero-order valence-electron chi connectivity index (χ0n) is 9.95. The van der Waals surface area contributed by atoms with E-state index in [4.69, 9.17) is 9.99 Å². The third kappa shape index (κ3) is 2.19. The Morgan fingerprint density at radius 1 is 1.27 bits per heavy atom. The molecule has 0 aliphatic carbocycles. The maximum atomic E-state index is 8.96. The summed E-state index contributed by atoms with van der Waals surface area (Å²) >= 11 is 0. The Hall–Kier alpha value is -0.120. The minimum Gasteiger partial charge on any atom is -0.344 e. The van der Waals surface area contributed by atoms with Crippen molar-refractivity contribution in [1.82, 2.24) is 0 Å². The van der Waals surface area contributed by atoms with Crippen LogP contribution in [0.3, 0.4) is 0 Å². The molecule has 2 aliphatic heterocycles. The molecule has 15 heavy (non-hydrogen) atoms. The van der Waals surface area contributed by atoms with E-state index >= 15 is 0 Å². The van der Waals surface area contributed by atoms with Crippen molar-refractivity contribution in [2.24, 2.45) is 11.3 Å². The highest BCUT2D eigenvalue weighted by Gasteiger charge is 2.46. The molecule has 88 valence electrons. The zero-order valence-corrected chi connectivity index (χ0v) is 9.95. The predicted molar refractivity (Wildman–Crippen MR) is 57.3 cm³/mol. The summed E-state index contributed by atoms with van der Waals surface area (Å²) in [5.74, 6) is -0.00942. The van der Waals surface area contributed by atoms with E-state index in [1.165, 1.54) is 0 Å². The van der Waals surface area contributed by atoms with Crippen LogP contribution in [-0.2, 0) is 9.62 Å². The molecular weight excluding hydrogens is 192 g/mol. The van der Waals surface area contributed by atoms with Crippen molar-refractivity contribution >= 4 is 0 Å². The third-order valence-corrected chi connectivity index (χ3v) is 4.04. The lowest BCUT2D eigenvalue weighted by atomic mass is 9.73. The molecule has 1 N–H and O–H groups in total. The minimum atomic E-state index is -0.676. The van der Waals surface area contributed by atoms with Crippen LogP contribution in [0.4, 0.5) is 0 Å². The average Bonchev–Trinajstić information content (AvgIpc) is 2.41. The molecule has 0 radical (unpaired) electrons. The molecule has 0 spiro atoms. The Labute approximate surface area is 91.7 Å². The molecule has 2 fully saturated rings. The standard InChI is InChI=1S/C12H22O3/c1-11(2,3)9-4-6-12(15-13)7-5-10(8-9)14-12/h9-10,13H,4-8H2,1-3H3/t9-,10+,12-/m0/s1. The Bertz CT molecular complexity index is 234. The zero-order chi connectivity index (χ0) is 11.1. The van der Waals surface area contributed by atoms with Gasteiger partial charge in [0.2, 0.25) is 5.79 Å². The van der Waals surface area contributed by atoms with E-state index in [1.54, 1.807) is 0 Å². The first-order valence-electron chi connectivity index (χ1n) is 5.96. The number of hydrogen-bond donors (Lipinski definition) is 1. The van der Waals surface area contributed by atoms with Gasteiger partial charge in [-0.25, -0.2) is 10.1 Å². The quantitative estimate of drug-likeness (QED) is 0.538. The molecular formula is C12H22O3. The molecule has 3 heteroatoms. The van der Waals surface area contributed by atoms with Crippen molar-refractivity contribution in [3.63, 3.8) is 0 Å². The summed E-state index contributed by atoms with van der Waals surface area (Å²) in [7, 11) is 0. The lowest BCUT2D eigenvalue weighted by Crippen LogP contribution is -2.30. The van der Waals surface area contributed by atoms with Gasteiger partial charge in [-0.1, -0.05) is 20.8 Å². The molecule has 2 aliphatic rings. The Balaban J connectivity index is 2.08. The van der Waals surface area contributed by atoms with E-state index in [1.807, 2.05) is 0 Å². The van der Waals surface area contributed by atoms with Crippen molar-refractivity contribution < 1.29 is 14.9 Å². The first-order chi connectivity index (χ1) is 6.95. The van der Waals surface area contributed by atoms with Crippen LogP contribution in [-0.4, -0.2) is 17.1 Å². The smallest absolute Gasteiger partial charge is 0.201 e. The molecule has 0 aromatic rings. The Kier molecular flexibility index (Phi) is 2.82. The van der Waals surface area contributed by atoms with Crippen molar-refractivity contribution in [3.8, 4) is 0 Å². The topological polar surface area (TPSA) is 38.7 Å². The molecule has 2 saturated heterocycles. The third-order valence-electron chi connectivity index (χ3n) is 4.04. The predicted octanol–water partition coefficient (Wildman–Crippen LogP) is 3.20. The molecule has 2 rings (SSSR count). The summed E-state index contributed by atoms with van der Waals surface area (Å²) in [4.78, 5) is 4.59. The molecule has 2 heterocycles. The fourth-order valence-corrected chi connectivity index (χ4v) is 2.88. The first kappa shape index (κ1) is 11.4. The maximum Gasteiger partial charge on any atom is 0.201 e. The van der Waals surface area contributed by atoms with Crippen LogP contribution < -0.4 is 0 Å². The largest absolute Gasteiger partial charge is 0.344 e.